The first-order valence-corrected chi connectivity index (χ1v) is 10.4. The number of hydrogen-bond donors (Lipinski definition) is 1. The van der Waals surface area contributed by atoms with E-state index in [0.717, 1.165) is 5.56 Å². The summed E-state index contributed by atoms with van der Waals surface area (Å²) in [5.74, 6) is -0.777. The summed E-state index contributed by atoms with van der Waals surface area (Å²) in [5, 5.41) is 0. The van der Waals surface area contributed by atoms with E-state index in [-0.39, 0.29) is 23.7 Å². The van der Waals surface area contributed by atoms with Crippen molar-refractivity contribution < 1.29 is 27.5 Å². The molecule has 1 aliphatic heterocycles. The molecule has 1 fully saturated rings. The molecule has 1 aromatic carbocycles. The van der Waals surface area contributed by atoms with E-state index in [1.165, 1.54) is 4.31 Å². The summed E-state index contributed by atoms with van der Waals surface area (Å²) in [5.41, 5.74) is 1.21. The Morgan fingerprint density at radius 1 is 1.11 bits per heavy atom. The summed E-state index contributed by atoms with van der Waals surface area (Å²) in [7, 11) is -3.53. The summed E-state index contributed by atoms with van der Waals surface area (Å²) < 4.78 is 36.7. The summed E-state index contributed by atoms with van der Waals surface area (Å²) >= 11 is 0. The molecule has 150 valence electrons. The van der Waals surface area contributed by atoms with Gasteiger partial charge in [-0.05, 0) is 36.2 Å². The number of hydrogen-bond acceptors (Lipinski definition) is 6. The fraction of sp³-hybridized carbons (Fsp3) is 0.368. The van der Waals surface area contributed by atoms with Crippen molar-refractivity contribution in [3.8, 4) is 0 Å². The lowest BCUT2D eigenvalue weighted by Gasteiger charge is -2.26. The maximum absolute atomic E-state index is 12.6. The highest BCUT2D eigenvalue weighted by Crippen LogP contribution is 2.18. The Bertz CT molecular complexity index is 900. The molecule has 0 unspecified atom stereocenters. The molecule has 28 heavy (non-hydrogen) atoms. The number of benzene rings is 1. The smallest absolute Gasteiger partial charge is 0.306 e. The second-order valence-electron chi connectivity index (χ2n) is 6.33. The average Bonchev–Trinajstić information content (AvgIpc) is 3.26. The van der Waals surface area contributed by atoms with Crippen LogP contribution in [-0.2, 0) is 30.7 Å². The zero-order chi connectivity index (χ0) is 20.0. The third-order valence-electron chi connectivity index (χ3n) is 4.41. The van der Waals surface area contributed by atoms with Crippen LogP contribution in [0.4, 0.5) is 0 Å². The number of aromatic amines is 1. The minimum Gasteiger partial charge on any atom is -0.457 e. The first kappa shape index (κ1) is 20.2. The van der Waals surface area contributed by atoms with Gasteiger partial charge in [-0.1, -0.05) is 12.1 Å². The van der Waals surface area contributed by atoms with Crippen molar-refractivity contribution in [1.29, 1.82) is 0 Å². The molecule has 3 rings (SSSR count). The van der Waals surface area contributed by atoms with Gasteiger partial charge in [0.05, 0.1) is 23.8 Å². The van der Waals surface area contributed by atoms with Gasteiger partial charge in [0.25, 0.3) is 0 Å². The molecule has 1 aliphatic rings. The number of rotatable bonds is 8. The van der Waals surface area contributed by atoms with E-state index in [9.17, 15) is 18.0 Å². The molecule has 8 nitrogen and oxygen atoms in total. The highest BCUT2D eigenvalue weighted by atomic mass is 32.2. The highest BCUT2D eigenvalue weighted by molar-refractivity contribution is 7.89. The maximum atomic E-state index is 12.6. The Balaban J connectivity index is 1.48. The molecule has 1 saturated heterocycles. The fourth-order valence-corrected chi connectivity index (χ4v) is 4.22. The quantitative estimate of drug-likeness (QED) is 0.525. The standard InChI is InChI=1S/C19H22N2O6S/c22-18(17-2-1-9-20-17)14-27-19(23)8-5-15-3-6-16(7-4-15)28(24,25)21-10-12-26-13-11-21/h1-4,6-7,9,20H,5,8,10-14H2. The van der Waals surface area contributed by atoms with Crippen LogP contribution in [-0.4, -0.2) is 62.4 Å². The van der Waals surface area contributed by atoms with Crippen molar-refractivity contribution in [3.05, 3.63) is 53.9 Å². The minimum absolute atomic E-state index is 0.105. The topological polar surface area (TPSA) is 106 Å². The first-order chi connectivity index (χ1) is 13.5. The third kappa shape index (κ3) is 5.06. The Morgan fingerprint density at radius 3 is 2.46 bits per heavy atom. The normalized spacial score (nSPS) is 15.3. The molecule has 1 N–H and O–H groups in total. The molecular weight excluding hydrogens is 384 g/mol. The summed E-state index contributed by atoms with van der Waals surface area (Å²) in [4.78, 5) is 26.6. The first-order valence-electron chi connectivity index (χ1n) is 8.96. The predicted octanol–water partition coefficient (Wildman–Crippen LogP) is 1.39. The van der Waals surface area contributed by atoms with Gasteiger partial charge in [-0.25, -0.2) is 8.42 Å². The van der Waals surface area contributed by atoms with E-state index in [1.54, 1.807) is 42.6 Å². The summed E-state index contributed by atoms with van der Waals surface area (Å²) in [6.45, 7) is 1.17. The molecule has 9 heteroatoms. The SMILES string of the molecule is O=C(CCc1ccc(S(=O)(=O)N2CCOCC2)cc1)OCC(=O)c1ccc[nH]1. The lowest BCUT2D eigenvalue weighted by Crippen LogP contribution is -2.40. The number of H-pyrrole nitrogens is 1. The molecule has 0 radical (unpaired) electrons. The van der Waals surface area contributed by atoms with Crippen LogP contribution in [0, 0.1) is 0 Å². The molecule has 0 spiro atoms. The van der Waals surface area contributed by atoms with E-state index in [4.69, 9.17) is 9.47 Å². The van der Waals surface area contributed by atoms with Crippen LogP contribution in [0.3, 0.4) is 0 Å². The van der Waals surface area contributed by atoms with Crippen LogP contribution >= 0.6 is 0 Å². The van der Waals surface area contributed by atoms with E-state index >= 15 is 0 Å². The van der Waals surface area contributed by atoms with Gasteiger partial charge < -0.3 is 14.5 Å². The average molecular weight is 406 g/mol. The maximum Gasteiger partial charge on any atom is 0.306 e. The summed E-state index contributed by atoms with van der Waals surface area (Å²) in [6.07, 6.45) is 2.12. The number of Topliss-reactive ketones (excluding diaryl/α,β-unsaturated/α-hetero) is 1. The highest BCUT2D eigenvalue weighted by Gasteiger charge is 2.26. The van der Waals surface area contributed by atoms with E-state index in [2.05, 4.69) is 4.98 Å². The number of aromatic nitrogens is 1. The molecule has 2 aromatic rings. The number of ether oxygens (including phenoxy) is 2. The van der Waals surface area contributed by atoms with E-state index in [1.807, 2.05) is 0 Å². The van der Waals surface area contributed by atoms with Gasteiger partial charge in [0.2, 0.25) is 15.8 Å². The monoisotopic (exact) mass is 406 g/mol. The number of morpholine rings is 1. The van der Waals surface area contributed by atoms with Gasteiger partial charge in [0, 0.05) is 25.7 Å². The van der Waals surface area contributed by atoms with Crippen LogP contribution in [0.1, 0.15) is 22.5 Å². The largest absolute Gasteiger partial charge is 0.457 e. The predicted molar refractivity (Wildman–Crippen MR) is 100 cm³/mol. The third-order valence-corrected chi connectivity index (χ3v) is 6.32. The molecule has 0 atom stereocenters. The molecule has 0 saturated carbocycles. The number of sulfonamides is 1. The molecule has 0 aliphatic carbocycles. The zero-order valence-corrected chi connectivity index (χ0v) is 16.1. The molecule has 2 heterocycles. The number of carbonyl (C=O) groups is 2. The van der Waals surface area contributed by atoms with Crippen molar-refractivity contribution in [1.82, 2.24) is 9.29 Å². The van der Waals surface area contributed by atoms with E-state index in [0.29, 0.717) is 38.4 Å². The van der Waals surface area contributed by atoms with Gasteiger partial charge in [0.1, 0.15) is 0 Å². The van der Waals surface area contributed by atoms with Gasteiger partial charge in [-0.2, -0.15) is 4.31 Å². The van der Waals surface area contributed by atoms with Crippen LogP contribution in [0.15, 0.2) is 47.5 Å². The van der Waals surface area contributed by atoms with Crippen LogP contribution in [0.2, 0.25) is 0 Å². The number of esters is 1. The molecule has 0 amide bonds. The van der Waals surface area contributed by atoms with Crippen molar-refractivity contribution in [2.45, 2.75) is 17.7 Å². The van der Waals surface area contributed by atoms with Crippen molar-refractivity contribution >= 4 is 21.8 Å². The lowest BCUT2D eigenvalue weighted by atomic mass is 10.1. The Hall–Kier alpha value is -2.49. The van der Waals surface area contributed by atoms with Crippen molar-refractivity contribution in [3.63, 3.8) is 0 Å². The second kappa shape index (κ2) is 9.13. The van der Waals surface area contributed by atoms with Crippen molar-refractivity contribution in [2.24, 2.45) is 0 Å². The Kier molecular flexibility index (Phi) is 6.61. The number of aryl methyl sites for hydroxylation is 1. The number of ketones is 1. The molecule has 1 aromatic heterocycles. The minimum atomic E-state index is -3.53. The van der Waals surface area contributed by atoms with Crippen molar-refractivity contribution in [2.75, 3.05) is 32.9 Å². The van der Waals surface area contributed by atoms with Gasteiger partial charge in [0.15, 0.2) is 6.61 Å². The fourth-order valence-electron chi connectivity index (χ4n) is 2.81. The lowest BCUT2D eigenvalue weighted by molar-refractivity contribution is -0.142. The Morgan fingerprint density at radius 2 is 1.82 bits per heavy atom. The number of nitrogens with zero attached hydrogens (tertiary/aromatic N) is 1. The van der Waals surface area contributed by atoms with Gasteiger partial charge in [-0.15, -0.1) is 0 Å². The summed E-state index contributed by atoms with van der Waals surface area (Å²) in [6, 6.07) is 9.76. The second-order valence-corrected chi connectivity index (χ2v) is 8.27. The Labute approximate surface area is 163 Å². The van der Waals surface area contributed by atoms with Gasteiger partial charge in [-0.3, -0.25) is 9.59 Å². The molecular formula is C19H22N2O6S. The zero-order valence-electron chi connectivity index (χ0n) is 15.3. The van der Waals surface area contributed by atoms with Crippen LogP contribution in [0.5, 0.6) is 0 Å². The number of carbonyl (C=O) groups excluding carboxylic acids is 2. The van der Waals surface area contributed by atoms with Crippen LogP contribution in [0.25, 0.3) is 0 Å². The molecule has 0 bridgehead atoms. The van der Waals surface area contributed by atoms with E-state index < -0.39 is 16.0 Å². The van der Waals surface area contributed by atoms with Gasteiger partial charge >= 0.3 is 5.97 Å². The number of nitrogens with one attached hydrogen (secondary N) is 1. The van der Waals surface area contributed by atoms with Crippen LogP contribution < -0.4 is 0 Å².